The van der Waals surface area contributed by atoms with Gasteiger partial charge in [0.05, 0.1) is 17.2 Å². The maximum atomic E-state index is 8.96. The Morgan fingerprint density at radius 2 is 2.50 bits per heavy atom. The van der Waals surface area contributed by atoms with Crippen LogP contribution in [0.1, 0.15) is 18.5 Å². The van der Waals surface area contributed by atoms with Gasteiger partial charge < -0.3 is 0 Å². The van der Waals surface area contributed by atoms with Crippen LogP contribution in [0.5, 0.6) is 0 Å². The van der Waals surface area contributed by atoms with Crippen LogP contribution in [0.25, 0.3) is 4.96 Å². The number of aromatic nitrogens is 2. The topological polar surface area (TPSA) is 41.1 Å². The molecule has 14 heavy (non-hydrogen) atoms. The van der Waals surface area contributed by atoms with Crippen molar-refractivity contribution >= 4 is 16.3 Å². The summed E-state index contributed by atoms with van der Waals surface area (Å²) in [7, 11) is 0. The Morgan fingerprint density at radius 3 is 3.14 bits per heavy atom. The molecule has 3 rings (SSSR count). The Kier molecular flexibility index (Phi) is 1.48. The molecule has 70 valence electrons. The summed E-state index contributed by atoms with van der Waals surface area (Å²) in [5.41, 5.74) is 0.972. The van der Waals surface area contributed by atoms with E-state index in [1.807, 2.05) is 22.2 Å². The zero-order chi connectivity index (χ0) is 9.60. The second kappa shape index (κ2) is 2.58. The van der Waals surface area contributed by atoms with Gasteiger partial charge in [-0.25, -0.2) is 4.98 Å². The minimum absolute atomic E-state index is 0.0793. The van der Waals surface area contributed by atoms with E-state index < -0.39 is 0 Å². The Morgan fingerprint density at radius 1 is 1.64 bits per heavy atom. The third-order valence-electron chi connectivity index (χ3n) is 2.75. The van der Waals surface area contributed by atoms with Crippen molar-refractivity contribution in [3.05, 3.63) is 23.5 Å². The minimum Gasteiger partial charge on any atom is -0.297 e. The lowest BCUT2D eigenvalue weighted by Crippen LogP contribution is -2.01. The van der Waals surface area contributed by atoms with Crippen LogP contribution in [0.3, 0.4) is 0 Å². The summed E-state index contributed by atoms with van der Waals surface area (Å²) in [6.45, 7) is 0. The van der Waals surface area contributed by atoms with E-state index in [0.717, 1.165) is 29.9 Å². The van der Waals surface area contributed by atoms with Crippen molar-refractivity contribution in [2.75, 3.05) is 0 Å². The van der Waals surface area contributed by atoms with Gasteiger partial charge in [-0.15, -0.1) is 11.3 Å². The molecule has 0 N–H and O–H groups in total. The first-order valence-corrected chi connectivity index (χ1v) is 5.52. The molecule has 0 atom stereocenters. The van der Waals surface area contributed by atoms with Crippen LogP contribution in [0.4, 0.5) is 0 Å². The van der Waals surface area contributed by atoms with Gasteiger partial charge >= 0.3 is 0 Å². The molecule has 1 saturated carbocycles. The molecule has 0 amide bonds. The van der Waals surface area contributed by atoms with Gasteiger partial charge in [-0.3, -0.25) is 4.40 Å². The van der Waals surface area contributed by atoms with Gasteiger partial charge in [-0.2, -0.15) is 5.26 Å². The van der Waals surface area contributed by atoms with Crippen LogP contribution in [0.15, 0.2) is 17.8 Å². The number of thiazole rings is 1. The highest BCUT2D eigenvalue weighted by atomic mass is 32.1. The molecule has 0 unspecified atom stereocenters. The highest BCUT2D eigenvalue weighted by Crippen LogP contribution is 2.47. The van der Waals surface area contributed by atoms with E-state index >= 15 is 0 Å². The van der Waals surface area contributed by atoms with Gasteiger partial charge in [0.1, 0.15) is 0 Å². The van der Waals surface area contributed by atoms with Gasteiger partial charge in [0, 0.05) is 24.2 Å². The zero-order valence-corrected chi connectivity index (χ0v) is 8.42. The van der Waals surface area contributed by atoms with Crippen LogP contribution in [-0.4, -0.2) is 9.38 Å². The summed E-state index contributed by atoms with van der Waals surface area (Å²) in [5.74, 6) is 0. The molecule has 0 saturated heterocycles. The molecule has 0 aliphatic heterocycles. The number of fused-ring (bicyclic) bond motifs is 1. The van der Waals surface area contributed by atoms with E-state index in [-0.39, 0.29) is 5.41 Å². The average Bonchev–Trinajstić information content (AvgIpc) is 2.62. The van der Waals surface area contributed by atoms with Crippen molar-refractivity contribution in [2.24, 2.45) is 5.41 Å². The molecule has 1 aliphatic carbocycles. The molecule has 0 bridgehead atoms. The minimum atomic E-state index is -0.0793. The molecule has 2 heterocycles. The van der Waals surface area contributed by atoms with Crippen LogP contribution < -0.4 is 0 Å². The molecule has 2 aromatic heterocycles. The Balaban J connectivity index is 1.93. The first kappa shape index (κ1) is 8.01. The highest BCUT2D eigenvalue weighted by molar-refractivity contribution is 7.15. The van der Waals surface area contributed by atoms with E-state index in [2.05, 4.69) is 11.1 Å². The summed E-state index contributed by atoms with van der Waals surface area (Å²) in [6, 6.07) is 2.39. The second-order valence-electron chi connectivity index (χ2n) is 3.89. The van der Waals surface area contributed by atoms with E-state index in [1.54, 1.807) is 11.3 Å². The summed E-state index contributed by atoms with van der Waals surface area (Å²) < 4.78 is 2.02. The van der Waals surface area contributed by atoms with Crippen LogP contribution >= 0.6 is 11.3 Å². The first-order valence-electron chi connectivity index (χ1n) is 4.64. The fraction of sp³-hybridized carbons (Fsp3) is 0.400. The van der Waals surface area contributed by atoms with Crippen molar-refractivity contribution in [1.82, 2.24) is 9.38 Å². The first-order chi connectivity index (χ1) is 6.81. The Bertz CT molecular complexity index is 484. The summed E-state index contributed by atoms with van der Waals surface area (Å²) >= 11 is 1.63. The fourth-order valence-electron chi connectivity index (χ4n) is 1.69. The summed E-state index contributed by atoms with van der Waals surface area (Å²) in [4.78, 5) is 5.50. The molecule has 2 aromatic rings. The lowest BCUT2D eigenvalue weighted by molar-refractivity contribution is 0.654. The number of nitrogens with zero attached hydrogens (tertiary/aromatic N) is 3. The van der Waals surface area contributed by atoms with E-state index in [0.29, 0.717) is 0 Å². The van der Waals surface area contributed by atoms with Gasteiger partial charge in [-0.1, -0.05) is 0 Å². The van der Waals surface area contributed by atoms with Crippen molar-refractivity contribution in [2.45, 2.75) is 19.3 Å². The SMILES string of the molecule is N#CC1(Cc2cn3ccsc3n2)CC1. The monoisotopic (exact) mass is 203 g/mol. The second-order valence-corrected chi connectivity index (χ2v) is 4.77. The van der Waals surface area contributed by atoms with Gasteiger partial charge in [-0.05, 0) is 12.8 Å². The Labute approximate surface area is 85.6 Å². The van der Waals surface area contributed by atoms with E-state index in [9.17, 15) is 0 Å². The summed E-state index contributed by atoms with van der Waals surface area (Å²) in [6.07, 6.45) is 6.92. The zero-order valence-electron chi connectivity index (χ0n) is 7.60. The average molecular weight is 203 g/mol. The number of hydrogen-bond acceptors (Lipinski definition) is 3. The van der Waals surface area contributed by atoms with E-state index in [1.165, 1.54) is 0 Å². The number of rotatable bonds is 2. The molecule has 1 aliphatic rings. The molecular formula is C10H9N3S. The van der Waals surface area contributed by atoms with Crippen molar-refractivity contribution < 1.29 is 0 Å². The van der Waals surface area contributed by atoms with Crippen LogP contribution in [0, 0.1) is 16.7 Å². The van der Waals surface area contributed by atoms with Gasteiger partial charge in [0.15, 0.2) is 4.96 Å². The third-order valence-corrected chi connectivity index (χ3v) is 3.52. The van der Waals surface area contributed by atoms with Gasteiger partial charge in [0.25, 0.3) is 0 Å². The third kappa shape index (κ3) is 1.13. The summed E-state index contributed by atoms with van der Waals surface area (Å²) in [5, 5.41) is 11.0. The largest absolute Gasteiger partial charge is 0.297 e. The molecular weight excluding hydrogens is 194 g/mol. The Hall–Kier alpha value is -1.34. The lowest BCUT2D eigenvalue weighted by atomic mass is 10.0. The van der Waals surface area contributed by atoms with Crippen molar-refractivity contribution in [1.29, 1.82) is 5.26 Å². The predicted octanol–water partition coefficient (Wildman–Crippen LogP) is 2.24. The number of nitriles is 1. The van der Waals surface area contributed by atoms with Crippen LogP contribution in [0.2, 0.25) is 0 Å². The number of hydrogen-bond donors (Lipinski definition) is 0. The lowest BCUT2D eigenvalue weighted by Gasteiger charge is -1.99. The van der Waals surface area contributed by atoms with Crippen molar-refractivity contribution in [3.8, 4) is 6.07 Å². The molecule has 3 nitrogen and oxygen atoms in total. The number of imidazole rings is 1. The highest BCUT2D eigenvalue weighted by Gasteiger charge is 2.43. The molecule has 1 fully saturated rings. The normalized spacial score (nSPS) is 18.2. The molecule has 0 radical (unpaired) electrons. The quantitative estimate of drug-likeness (QED) is 0.751. The predicted molar refractivity (Wildman–Crippen MR) is 54.1 cm³/mol. The molecule has 4 heteroatoms. The standard InChI is InChI=1S/C10H9N3S/c11-7-10(1-2-10)5-8-6-13-3-4-14-9(13)12-8/h3-4,6H,1-2,5H2. The van der Waals surface area contributed by atoms with Gasteiger partial charge in [0.2, 0.25) is 0 Å². The molecule has 0 spiro atoms. The smallest absolute Gasteiger partial charge is 0.193 e. The maximum absolute atomic E-state index is 8.96. The van der Waals surface area contributed by atoms with Crippen LogP contribution in [-0.2, 0) is 6.42 Å². The fourth-order valence-corrected chi connectivity index (χ4v) is 2.41. The maximum Gasteiger partial charge on any atom is 0.193 e. The van der Waals surface area contributed by atoms with Crippen molar-refractivity contribution in [3.63, 3.8) is 0 Å². The van der Waals surface area contributed by atoms with E-state index in [4.69, 9.17) is 5.26 Å². The molecule has 0 aromatic carbocycles.